The van der Waals surface area contributed by atoms with Gasteiger partial charge in [0.15, 0.2) is 0 Å². The monoisotopic (exact) mass is 324 g/mol. The summed E-state index contributed by atoms with van der Waals surface area (Å²) in [5.41, 5.74) is -0.233. The zero-order chi connectivity index (χ0) is 16.3. The number of piperidine rings is 1. The third kappa shape index (κ3) is 3.38. The Hall–Kier alpha value is -2.09. The fourth-order valence-electron chi connectivity index (χ4n) is 2.51. The molecule has 118 valence electrons. The summed E-state index contributed by atoms with van der Waals surface area (Å²) in [7, 11) is 0. The number of hydrogen-bond acceptors (Lipinski definition) is 5. The maximum Gasteiger partial charge on any atom is 0.308 e. The molecule has 1 fully saturated rings. The van der Waals surface area contributed by atoms with Crippen LogP contribution >= 0.6 is 11.8 Å². The largest absolute Gasteiger partial charge is 0.481 e. The molecule has 0 spiro atoms. The first kappa shape index (κ1) is 16.3. The van der Waals surface area contributed by atoms with E-state index in [9.17, 15) is 19.7 Å². The first-order chi connectivity index (χ1) is 10.4. The van der Waals surface area contributed by atoms with Gasteiger partial charge in [-0.1, -0.05) is 0 Å². The Bertz CT molecular complexity index is 619. The molecule has 8 heteroatoms. The van der Waals surface area contributed by atoms with Gasteiger partial charge in [0.1, 0.15) is 5.56 Å². The van der Waals surface area contributed by atoms with E-state index in [2.05, 4.69) is 0 Å². The molecule has 1 aromatic rings. The lowest BCUT2D eigenvalue weighted by Crippen LogP contribution is -2.42. The molecule has 22 heavy (non-hydrogen) atoms. The predicted octanol–water partition coefficient (Wildman–Crippen LogP) is 2.25. The summed E-state index contributed by atoms with van der Waals surface area (Å²) in [4.78, 5) is 36.3. The highest BCUT2D eigenvalue weighted by molar-refractivity contribution is 7.98. The summed E-state index contributed by atoms with van der Waals surface area (Å²) >= 11 is 1.39. The zero-order valence-corrected chi connectivity index (χ0v) is 12.8. The van der Waals surface area contributed by atoms with Crippen LogP contribution in [0, 0.1) is 16.0 Å². The minimum absolute atomic E-state index is 0.0166. The van der Waals surface area contributed by atoms with Gasteiger partial charge in [-0.15, -0.1) is 11.8 Å². The van der Waals surface area contributed by atoms with Gasteiger partial charge in [0.25, 0.3) is 11.6 Å². The third-order valence-electron chi connectivity index (χ3n) is 3.69. The highest BCUT2D eigenvalue weighted by Gasteiger charge is 2.31. The van der Waals surface area contributed by atoms with Crippen molar-refractivity contribution >= 4 is 29.3 Å². The number of rotatable bonds is 4. The third-order valence-corrected chi connectivity index (χ3v) is 4.41. The number of nitro groups is 1. The molecule has 2 rings (SSSR count). The van der Waals surface area contributed by atoms with Gasteiger partial charge in [0.2, 0.25) is 0 Å². The van der Waals surface area contributed by atoms with Crippen LogP contribution in [0.3, 0.4) is 0 Å². The number of carboxylic acids is 1. The van der Waals surface area contributed by atoms with E-state index in [4.69, 9.17) is 5.11 Å². The Morgan fingerprint density at radius 1 is 1.45 bits per heavy atom. The number of benzene rings is 1. The molecule has 1 saturated heterocycles. The van der Waals surface area contributed by atoms with E-state index >= 15 is 0 Å². The molecular formula is C14H16N2O5S. The molecule has 1 aromatic carbocycles. The molecule has 1 unspecified atom stereocenters. The zero-order valence-electron chi connectivity index (χ0n) is 12.0. The van der Waals surface area contributed by atoms with E-state index < -0.39 is 22.7 Å². The first-order valence-electron chi connectivity index (χ1n) is 6.78. The van der Waals surface area contributed by atoms with Gasteiger partial charge in [-0.05, 0) is 31.2 Å². The van der Waals surface area contributed by atoms with Gasteiger partial charge >= 0.3 is 5.97 Å². The van der Waals surface area contributed by atoms with Crippen LogP contribution in [-0.2, 0) is 4.79 Å². The summed E-state index contributed by atoms with van der Waals surface area (Å²) < 4.78 is 0. The minimum Gasteiger partial charge on any atom is -0.481 e. The second-order valence-corrected chi connectivity index (χ2v) is 5.95. The maximum atomic E-state index is 12.6. The molecule has 7 nitrogen and oxygen atoms in total. The van der Waals surface area contributed by atoms with Crippen molar-refractivity contribution in [3.63, 3.8) is 0 Å². The van der Waals surface area contributed by atoms with Crippen molar-refractivity contribution in [2.45, 2.75) is 17.7 Å². The highest BCUT2D eigenvalue weighted by atomic mass is 32.2. The summed E-state index contributed by atoms with van der Waals surface area (Å²) in [5.74, 6) is -2.03. The minimum atomic E-state index is -0.940. The van der Waals surface area contributed by atoms with E-state index in [0.717, 1.165) is 4.90 Å². The number of likely N-dealkylation sites (tertiary alicyclic amines) is 1. The van der Waals surface area contributed by atoms with Crippen molar-refractivity contribution in [3.05, 3.63) is 33.9 Å². The van der Waals surface area contributed by atoms with Crippen molar-refractivity contribution in [2.24, 2.45) is 5.92 Å². The molecule has 0 aliphatic carbocycles. The maximum absolute atomic E-state index is 12.6. The second-order valence-electron chi connectivity index (χ2n) is 5.07. The summed E-state index contributed by atoms with van der Waals surface area (Å²) in [6, 6.07) is 4.41. The molecule has 0 saturated carbocycles. The van der Waals surface area contributed by atoms with Crippen molar-refractivity contribution in [2.75, 3.05) is 19.3 Å². The van der Waals surface area contributed by atoms with E-state index in [1.165, 1.54) is 28.8 Å². The fraction of sp³-hybridized carbons (Fsp3) is 0.429. The second kappa shape index (κ2) is 6.78. The van der Waals surface area contributed by atoms with Gasteiger partial charge < -0.3 is 10.0 Å². The summed E-state index contributed by atoms with van der Waals surface area (Å²) in [6.07, 6.45) is 2.92. The van der Waals surface area contributed by atoms with Crippen molar-refractivity contribution in [1.82, 2.24) is 4.90 Å². The normalized spacial score (nSPS) is 18.0. The van der Waals surface area contributed by atoms with E-state index in [1.54, 1.807) is 6.07 Å². The Balaban J connectivity index is 2.31. The molecule has 1 heterocycles. The van der Waals surface area contributed by atoms with Crippen LogP contribution in [0.4, 0.5) is 5.69 Å². The van der Waals surface area contributed by atoms with Gasteiger partial charge in [-0.2, -0.15) is 0 Å². The van der Waals surface area contributed by atoms with Crippen LogP contribution in [0.5, 0.6) is 0 Å². The standard InChI is InChI=1S/C14H16N2O5S/c1-22-10-4-5-12(16(20)21)11(7-10)13(17)15-6-2-3-9(8-15)14(18)19/h4-5,7,9H,2-3,6,8H2,1H3,(H,18,19). The van der Waals surface area contributed by atoms with Crippen LogP contribution in [0.15, 0.2) is 23.1 Å². The Labute approximate surface area is 131 Å². The first-order valence-corrected chi connectivity index (χ1v) is 8.01. The molecule has 1 atom stereocenters. The molecule has 1 aliphatic heterocycles. The highest BCUT2D eigenvalue weighted by Crippen LogP contribution is 2.27. The van der Waals surface area contributed by atoms with E-state index in [1.807, 2.05) is 6.26 Å². The SMILES string of the molecule is CSc1ccc([N+](=O)[O-])c(C(=O)N2CCCC(C(=O)O)C2)c1. The average Bonchev–Trinajstić information content (AvgIpc) is 2.53. The number of carbonyl (C=O) groups is 2. The number of carbonyl (C=O) groups excluding carboxylic acids is 1. The summed E-state index contributed by atoms with van der Waals surface area (Å²) in [6.45, 7) is 0.512. The Morgan fingerprint density at radius 3 is 2.77 bits per heavy atom. The lowest BCUT2D eigenvalue weighted by atomic mass is 9.97. The number of thioether (sulfide) groups is 1. The van der Waals surface area contributed by atoms with Gasteiger partial charge in [-0.3, -0.25) is 19.7 Å². The molecule has 0 aromatic heterocycles. The number of aliphatic carboxylic acids is 1. The number of nitro benzene ring substituents is 1. The smallest absolute Gasteiger partial charge is 0.308 e. The van der Waals surface area contributed by atoms with Crippen LogP contribution in [0.25, 0.3) is 0 Å². The van der Waals surface area contributed by atoms with Crippen LogP contribution < -0.4 is 0 Å². The molecular weight excluding hydrogens is 308 g/mol. The molecule has 1 aliphatic rings. The average molecular weight is 324 g/mol. The topological polar surface area (TPSA) is 101 Å². The van der Waals surface area contributed by atoms with E-state index in [-0.39, 0.29) is 17.8 Å². The Morgan fingerprint density at radius 2 is 2.18 bits per heavy atom. The lowest BCUT2D eigenvalue weighted by Gasteiger charge is -2.30. The quantitative estimate of drug-likeness (QED) is 0.518. The number of carboxylic acid groups (broad SMARTS) is 1. The predicted molar refractivity (Wildman–Crippen MR) is 81.1 cm³/mol. The molecule has 0 bridgehead atoms. The van der Waals surface area contributed by atoms with Crippen molar-refractivity contribution in [1.29, 1.82) is 0 Å². The Kier molecular flexibility index (Phi) is 5.02. The number of nitrogens with zero attached hydrogens (tertiary/aromatic N) is 2. The number of hydrogen-bond donors (Lipinski definition) is 1. The summed E-state index contributed by atoms with van der Waals surface area (Å²) in [5, 5.41) is 20.2. The van der Waals surface area contributed by atoms with E-state index in [0.29, 0.717) is 19.4 Å². The number of amides is 1. The van der Waals surface area contributed by atoms with Crippen LogP contribution in [0.2, 0.25) is 0 Å². The fourth-order valence-corrected chi connectivity index (χ4v) is 2.95. The molecule has 1 amide bonds. The van der Waals surface area contributed by atoms with Crippen molar-refractivity contribution in [3.8, 4) is 0 Å². The van der Waals surface area contributed by atoms with Crippen LogP contribution in [0.1, 0.15) is 23.2 Å². The molecule has 0 radical (unpaired) electrons. The van der Waals surface area contributed by atoms with Gasteiger partial charge in [-0.25, -0.2) is 0 Å². The van der Waals surface area contributed by atoms with Gasteiger partial charge in [0.05, 0.1) is 10.8 Å². The van der Waals surface area contributed by atoms with Crippen molar-refractivity contribution < 1.29 is 19.6 Å². The lowest BCUT2D eigenvalue weighted by molar-refractivity contribution is -0.385. The van der Waals surface area contributed by atoms with Gasteiger partial charge in [0, 0.05) is 24.1 Å². The molecule has 1 N–H and O–H groups in total. The van der Waals surface area contributed by atoms with Crippen LogP contribution in [-0.4, -0.2) is 46.2 Å².